The zero-order valence-corrected chi connectivity index (χ0v) is 22.9. The van der Waals surface area contributed by atoms with E-state index in [1.165, 1.54) is 0 Å². The van der Waals surface area contributed by atoms with Crippen molar-refractivity contribution >= 4 is 0 Å². The first-order valence-corrected chi connectivity index (χ1v) is 14.0. The maximum absolute atomic E-state index is 5.05. The zero-order valence-electron chi connectivity index (χ0n) is 22.9. The second-order valence-corrected chi connectivity index (χ2v) is 10.1. The van der Waals surface area contributed by atoms with Gasteiger partial charge in [0.15, 0.2) is 5.82 Å². The van der Waals surface area contributed by atoms with Crippen molar-refractivity contribution in [2.45, 2.75) is 0 Å². The molecule has 3 nitrogen and oxygen atoms in total. The van der Waals surface area contributed by atoms with E-state index in [1.54, 1.807) is 0 Å². The number of hydrogen-bond acceptors (Lipinski definition) is 3. The first kappa shape index (κ1) is 25.3. The molecular weight excluding hydrogens is 510 g/mol. The van der Waals surface area contributed by atoms with Gasteiger partial charge >= 0.3 is 0 Å². The van der Waals surface area contributed by atoms with Crippen LogP contribution in [0.4, 0.5) is 0 Å². The van der Waals surface area contributed by atoms with Crippen LogP contribution >= 0.6 is 0 Å². The van der Waals surface area contributed by atoms with E-state index in [-0.39, 0.29) is 0 Å². The first-order chi connectivity index (χ1) is 20.8. The lowest BCUT2D eigenvalue weighted by atomic mass is 9.97. The number of aromatic nitrogens is 3. The summed E-state index contributed by atoms with van der Waals surface area (Å²) in [5.41, 5.74) is 11.1. The highest BCUT2D eigenvalue weighted by atomic mass is 14.9. The Kier molecular flexibility index (Phi) is 6.89. The van der Waals surface area contributed by atoms with Crippen LogP contribution in [-0.2, 0) is 0 Å². The topological polar surface area (TPSA) is 38.7 Å². The average molecular weight is 538 g/mol. The molecule has 0 aliphatic carbocycles. The highest BCUT2D eigenvalue weighted by Gasteiger charge is 2.13. The van der Waals surface area contributed by atoms with E-state index in [9.17, 15) is 0 Å². The van der Waals surface area contributed by atoms with Crippen molar-refractivity contribution in [3.63, 3.8) is 0 Å². The van der Waals surface area contributed by atoms with Gasteiger partial charge in [-0.1, -0.05) is 140 Å². The van der Waals surface area contributed by atoms with Crippen molar-refractivity contribution < 1.29 is 0 Å². The summed E-state index contributed by atoms with van der Waals surface area (Å²) in [4.78, 5) is 15.0. The van der Waals surface area contributed by atoms with Crippen LogP contribution in [-0.4, -0.2) is 15.0 Å². The Bertz CT molecular complexity index is 1700. The molecule has 0 radical (unpaired) electrons. The van der Waals surface area contributed by atoms with Gasteiger partial charge < -0.3 is 0 Å². The molecule has 5 aromatic carbocycles. The molecular formula is C39H27N3. The van der Waals surface area contributed by atoms with E-state index >= 15 is 0 Å². The number of rotatable bonds is 6. The van der Waals surface area contributed by atoms with Crippen LogP contribution in [0.5, 0.6) is 0 Å². The van der Waals surface area contributed by atoms with Gasteiger partial charge in [0.1, 0.15) is 0 Å². The van der Waals surface area contributed by atoms with Gasteiger partial charge in [0.05, 0.1) is 22.8 Å². The van der Waals surface area contributed by atoms with Crippen molar-refractivity contribution in [1.29, 1.82) is 0 Å². The SMILES string of the molecule is c1ccc(-c2cc(-c3cccc(-c4cc(-c5ccccc5)nc(-c5ccccc5)n4)c3)cc(-c3ccccc3)n2)cc1. The fourth-order valence-corrected chi connectivity index (χ4v) is 5.14. The summed E-state index contributed by atoms with van der Waals surface area (Å²) in [6.45, 7) is 0. The highest BCUT2D eigenvalue weighted by Crippen LogP contribution is 2.33. The number of pyridine rings is 1. The predicted molar refractivity (Wildman–Crippen MR) is 172 cm³/mol. The molecule has 0 atom stereocenters. The minimum Gasteiger partial charge on any atom is -0.248 e. The summed E-state index contributed by atoms with van der Waals surface area (Å²) in [6.07, 6.45) is 0. The van der Waals surface area contributed by atoms with Crippen molar-refractivity contribution in [3.8, 4) is 67.5 Å². The number of hydrogen-bond donors (Lipinski definition) is 0. The summed E-state index contributed by atoms with van der Waals surface area (Å²) in [5.74, 6) is 0.707. The maximum Gasteiger partial charge on any atom is 0.160 e. The largest absolute Gasteiger partial charge is 0.248 e. The lowest BCUT2D eigenvalue weighted by Crippen LogP contribution is -1.96. The third kappa shape index (κ3) is 5.36. The number of benzene rings is 5. The quantitative estimate of drug-likeness (QED) is 0.212. The molecule has 0 saturated heterocycles. The lowest BCUT2D eigenvalue weighted by molar-refractivity contribution is 1.18. The zero-order chi connectivity index (χ0) is 28.1. The minimum absolute atomic E-state index is 0.707. The number of nitrogens with zero attached hydrogens (tertiary/aromatic N) is 3. The van der Waals surface area contributed by atoms with Crippen LogP contribution in [0.2, 0.25) is 0 Å². The van der Waals surface area contributed by atoms with Crippen LogP contribution in [0.3, 0.4) is 0 Å². The average Bonchev–Trinajstić information content (AvgIpc) is 3.09. The van der Waals surface area contributed by atoms with E-state index in [2.05, 4.69) is 115 Å². The Balaban J connectivity index is 1.37. The molecule has 0 spiro atoms. The minimum atomic E-state index is 0.707. The van der Waals surface area contributed by atoms with Crippen molar-refractivity contribution in [2.24, 2.45) is 0 Å². The molecule has 2 aromatic heterocycles. The Labute approximate surface area is 245 Å². The normalized spacial score (nSPS) is 10.9. The third-order valence-electron chi connectivity index (χ3n) is 7.28. The van der Waals surface area contributed by atoms with E-state index in [4.69, 9.17) is 15.0 Å². The third-order valence-corrected chi connectivity index (χ3v) is 7.28. The fourth-order valence-electron chi connectivity index (χ4n) is 5.14. The van der Waals surface area contributed by atoms with Gasteiger partial charge in [-0.15, -0.1) is 0 Å². The van der Waals surface area contributed by atoms with Gasteiger partial charge in [-0.3, -0.25) is 0 Å². The van der Waals surface area contributed by atoms with Crippen molar-refractivity contribution in [1.82, 2.24) is 15.0 Å². The maximum atomic E-state index is 5.05. The van der Waals surface area contributed by atoms with Gasteiger partial charge in [-0.05, 0) is 35.4 Å². The first-order valence-electron chi connectivity index (χ1n) is 14.0. The predicted octanol–water partition coefficient (Wildman–Crippen LogP) is 9.87. The molecule has 0 fully saturated rings. The van der Waals surface area contributed by atoms with Crippen molar-refractivity contribution in [2.75, 3.05) is 0 Å². The monoisotopic (exact) mass is 537 g/mol. The summed E-state index contributed by atoms with van der Waals surface area (Å²) < 4.78 is 0. The van der Waals surface area contributed by atoms with Crippen LogP contribution in [0.1, 0.15) is 0 Å². The second-order valence-electron chi connectivity index (χ2n) is 10.1. The molecule has 0 unspecified atom stereocenters. The summed E-state index contributed by atoms with van der Waals surface area (Å²) in [6, 6.07) is 56.1. The summed E-state index contributed by atoms with van der Waals surface area (Å²) in [5, 5.41) is 0. The highest BCUT2D eigenvalue weighted by molar-refractivity contribution is 5.80. The smallest absolute Gasteiger partial charge is 0.160 e. The molecule has 3 heteroatoms. The Morgan fingerprint density at radius 3 is 1.12 bits per heavy atom. The van der Waals surface area contributed by atoms with Crippen LogP contribution in [0.15, 0.2) is 164 Å². The van der Waals surface area contributed by atoms with E-state index in [1.807, 2.05) is 48.5 Å². The second kappa shape index (κ2) is 11.4. The molecule has 0 aliphatic heterocycles. The fraction of sp³-hybridized carbons (Fsp3) is 0. The molecule has 0 aliphatic rings. The molecule has 42 heavy (non-hydrogen) atoms. The van der Waals surface area contributed by atoms with Gasteiger partial charge in [-0.25, -0.2) is 15.0 Å². The van der Waals surface area contributed by atoms with Crippen LogP contribution in [0, 0.1) is 0 Å². The van der Waals surface area contributed by atoms with Gasteiger partial charge in [0.2, 0.25) is 0 Å². The lowest BCUT2D eigenvalue weighted by Gasteiger charge is -2.12. The Morgan fingerprint density at radius 1 is 0.238 bits per heavy atom. The standard InChI is InChI=1S/C39H27N3/c1-5-14-28(15-6-1)35-25-34(26-36(40-35)29-16-7-2-8-17-29)32-22-13-23-33(24-32)38-27-37(30-18-9-3-10-19-30)41-39(42-38)31-20-11-4-12-21-31/h1-27H. The van der Waals surface area contributed by atoms with Gasteiger partial charge in [-0.2, -0.15) is 0 Å². The molecule has 0 amide bonds. The van der Waals surface area contributed by atoms with E-state index in [0.29, 0.717) is 5.82 Å². The van der Waals surface area contributed by atoms with Gasteiger partial charge in [0, 0.05) is 27.8 Å². The Morgan fingerprint density at radius 2 is 0.619 bits per heavy atom. The summed E-state index contributed by atoms with van der Waals surface area (Å²) >= 11 is 0. The van der Waals surface area contributed by atoms with E-state index in [0.717, 1.165) is 61.7 Å². The van der Waals surface area contributed by atoms with Crippen molar-refractivity contribution in [3.05, 3.63) is 164 Å². The van der Waals surface area contributed by atoms with Crippen LogP contribution in [0.25, 0.3) is 67.5 Å². The molecule has 0 saturated carbocycles. The van der Waals surface area contributed by atoms with Crippen LogP contribution < -0.4 is 0 Å². The Hall–Kier alpha value is -5.67. The molecule has 0 N–H and O–H groups in total. The van der Waals surface area contributed by atoms with E-state index < -0.39 is 0 Å². The molecule has 198 valence electrons. The summed E-state index contributed by atoms with van der Waals surface area (Å²) in [7, 11) is 0. The molecule has 2 heterocycles. The molecule has 0 bridgehead atoms. The van der Waals surface area contributed by atoms with Gasteiger partial charge in [0.25, 0.3) is 0 Å². The molecule has 7 aromatic rings. The molecule has 7 rings (SSSR count).